The monoisotopic (exact) mass is 221 g/mol. The van der Waals surface area contributed by atoms with Crippen molar-refractivity contribution in [3.05, 3.63) is 40.9 Å². The molecule has 78 valence electrons. The minimum Gasteiger partial charge on any atom is -0.385 e. The van der Waals surface area contributed by atoms with Crippen LogP contribution in [0.25, 0.3) is 5.69 Å². The van der Waals surface area contributed by atoms with Crippen LogP contribution >= 0.6 is 12.2 Å². The van der Waals surface area contributed by atoms with Gasteiger partial charge in [-0.15, -0.1) is 0 Å². The van der Waals surface area contributed by atoms with E-state index in [1.165, 1.54) is 0 Å². The summed E-state index contributed by atoms with van der Waals surface area (Å²) in [5.41, 5.74) is 0.896. The maximum atomic E-state index is 9.53. The number of benzene rings is 1. The molecule has 1 atom stereocenters. The van der Waals surface area contributed by atoms with Gasteiger partial charge in [0.1, 0.15) is 6.10 Å². The highest BCUT2D eigenvalue weighted by atomic mass is 32.1. The van der Waals surface area contributed by atoms with Gasteiger partial charge in [0, 0.05) is 5.69 Å². The zero-order valence-corrected chi connectivity index (χ0v) is 9.03. The number of aromatic amines is 1. The van der Waals surface area contributed by atoms with E-state index in [4.69, 9.17) is 12.2 Å². The Balaban J connectivity index is 2.62. The second-order valence-corrected chi connectivity index (χ2v) is 3.62. The van der Waals surface area contributed by atoms with Crippen molar-refractivity contribution in [2.45, 2.75) is 13.0 Å². The third-order valence-corrected chi connectivity index (χ3v) is 2.36. The first kappa shape index (κ1) is 10.1. The molecule has 2 N–H and O–H groups in total. The van der Waals surface area contributed by atoms with Crippen LogP contribution in [-0.2, 0) is 0 Å². The maximum absolute atomic E-state index is 9.53. The first-order valence-corrected chi connectivity index (χ1v) is 5.02. The van der Waals surface area contributed by atoms with Crippen molar-refractivity contribution in [2.24, 2.45) is 0 Å². The number of hydrogen-bond acceptors (Lipinski definition) is 3. The number of H-pyrrole nitrogens is 1. The predicted octanol–water partition coefficient (Wildman–Crippen LogP) is 1.98. The van der Waals surface area contributed by atoms with E-state index >= 15 is 0 Å². The van der Waals surface area contributed by atoms with Crippen molar-refractivity contribution >= 4 is 12.2 Å². The van der Waals surface area contributed by atoms with Crippen molar-refractivity contribution in [1.82, 2.24) is 14.8 Å². The smallest absolute Gasteiger partial charge is 0.199 e. The molecular formula is C10H11N3OS. The summed E-state index contributed by atoms with van der Waals surface area (Å²) in [6.07, 6.45) is -0.654. The third kappa shape index (κ3) is 1.84. The second kappa shape index (κ2) is 3.96. The molecule has 0 bridgehead atoms. The standard InChI is InChI=1S/C10H11N3OS/c1-7(14)9-11-12-10(15)13(9)8-5-3-2-4-6-8/h2-7,14H,1H3,(H,12,15)/t7-/m0/s1. The van der Waals surface area contributed by atoms with E-state index in [1.807, 2.05) is 30.3 Å². The van der Waals surface area contributed by atoms with E-state index in [9.17, 15) is 5.11 Å². The fraction of sp³-hybridized carbons (Fsp3) is 0.200. The van der Waals surface area contributed by atoms with Gasteiger partial charge in [-0.3, -0.25) is 9.67 Å². The summed E-state index contributed by atoms with van der Waals surface area (Å²) in [6, 6.07) is 9.58. The van der Waals surface area contributed by atoms with E-state index in [0.29, 0.717) is 10.6 Å². The van der Waals surface area contributed by atoms with Gasteiger partial charge in [-0.2, -0.15) is 5.10 Å². The highest BCUT2D eigenvalue weighted by molar-refractivity contribution is 7.71. The molecule has 0 fully saturated rings. The Labute approximate surface area is 92.2 Å². The summed E-state index contributed by atoms with van der Waals surface area (Å²) < 4.78 is 2.21. The van der Waals surface area contributed by atoms with Gasteiger partial charge in [-0.1, -0.05) is 18.2 Å². The molecule has 0 saturated carbocycles. The average Bonchev–Trinajstić information content (AvgIpc) is 2.61. The number of rotatable bonds is 2. The molecule has 0 aliphatic rings. The molecule has 15 heavy (non-hydrogen) atoms. The number of aliphatic hydroxyl groups excluding tert-OH is 1. The van der Waals surface area contributed by atoms with Crippen molar-refractivity contribution < 1.29 is 5.11 Å². The Kier molecular flexibility index (Phi) is 2.66. The molecule has 2 aromatic rings. The summed E-state index contributed by atoms with van der Waals surface area (Å²) in [7, 11) is 0. The molecule has 1 aromatic carbocycles. The number of hydrogen-bond donors (Lipinski definition) is 2. The fourth-order valence-corrected chi connectivity index (χ4v) is 1.66. The van der Waals surface area contributed by atoms with Gasteiger partial charge in [0.2, 0.25) is 0 Å². The van der Waals surface area contributed by atoms with Gasteiger partial charge in [0.05, 0.1) is 0 Å². The number of aromatic nitrogens is 3. The highest BCUT2D eigenvalue weighted by Crippen LogP contribution is 2.15. The Morgan fingerprint density at radius 2 is 2.07 bits per heavy atom. The minimum atomic E-state index is -0.654. The first-order valence-electron chi connectivity index (χ1n) is 4.61. The largest absolute Gasteiger partial charge is 0.385 e. The number of nitrogens with zero attached hydrogens (tertiary/aromatic N) is 2. The van der Waals surface area contributed by atoms with E-state index in [-0.39, 0.29) is 0 Å². The number of aliphatic hydroxyl groups is 1. The molecule has 0 aliphatic heterocycles. The molecule has 0 saturated heterocycles. The van der Waals surface area contributed by atoms with Gasteiger partial charge in [0.25, 0.3) is 0 Å². The molecule has 1 heterocycles. The summed E-state index contributed by atoms with van der Waals surface area (Å²) in [4.78, 5) is 0. The second-order valence-electron chi connectivity index (χ2n) is 3.23. The molecule has 0 spiro atoms. The third-order valence-electron chi connectivity index (χ3n) is 2.09. The molecule has 0 radical (unpaired) electrons. The number of nitrogens with one attached hydrogen (secondary N) is 1. The van der Waals surface area contributed by atoms with Gasteiger partial charge >= 0.3 is 0 Å². The fourth-order valence-electron chi connectivity index (χ4n) is 1.42. The van der Waals surface area contributed by atoms with Crippen LogP contribution in [0.5, 0.6) is 0 Å². The Morgan fingerprint density at radius 3 is 2.67 bits per heavy atom. The van der Waals surface area contributed by atoms with Gasteiger partial charge in [0.15, 0.2) is 10.6 Å². The van der Waals surface area contributed by atoms with E-state index < -0.39 is 6.10 Å². The molecule has 5 heteroatoms. The van der Waals surface area contributed by atoms with Gasteiger partial charge < -0.3 is 5.11 Å². The van der Waals surface area contributed by atoms with Crippen LogP contribution < -0.4 is 0 Å². The summed E-state index contributed by atoms with van der Waals surface area (Å²) in [5, 5.41) is 16.2. The molecule has 0 aliphatic carbocycles. The van der Waals surface area contributed by atoms with Crippen molar-refractivity contribution in [1.29, 1.82) is 0 Å². The molecule has 4 nitrogen and oxygen atoms in total. The van der Waals surface area contributed by atoms with E-state index in [0.717, 1.165) is 5.69 Å². The van der Waals surface area contributed by atoms with Gasteiger partial charge in [-0.05, 0) is 31.3 Å². The van der Waals surface area contributed by atoms with Crippen molar-refractivity contribution in [3.63, 3.8) is 0 Å². The molecule has 1 aromatic heterocycles. The Hall–Kier alpha value is -1.46. The normalized spacial score (nSPS) is 12.7. The van der Waals surface area contributed by atoms with E-state index in [2.05, 4.69) is 10.2 Å². The Bertz CT molecular complexity index is 501. The highest BCUT2D eigenvalue weighted by Gasteiger charge is 2.12. The van der Waals surface area contributed by atoms with Crippen LogP contribution in [0.1, 0.15) is 18.9 Å². The first-order chi connectivity index (χ1) is 7.20. The summed E-state index contributed by atoms with van der Waals surface area (Å²) in [6.45, 7) is 1.66. The topological polar surface area (TPSA) is 53.8 Å². The molecule has 0 unspecified atom stereocenters. The lowest BCUT2D eigenvalue weighted by atomic mass is 10.3. The maximum Gasteiger partial charge on any atom is 0.199 e. The van der Waals surface area contributed by atoms with Crippen molar-refractivity contribution in [2.75, 3.05) is 0 Å². The molecular weight excluding hydrogens is 210 g/mol. The lowest BCUT2D eigenvalue weighted by molar-refractivity contribution is 0.186. The zero-order valence-electron chi connectivity index (χ0n) is 8.21. The van der Waals surface area contributed by atoms with Crippen LogP contribution in [0.15, 0.2) is 30.3 Å². The Morgan fingerprint density at radius 1 is 1.40 bits per heavy atom. The predicted molar refractivity (Wildman–Crippen MR) is 59.4 cm³/mol. The number of para-hydroxylation sites is 1. The zero-order chi connectivity index (χ0) is 10.8. The van der Waals surface area contributed by atoms with Crippen LogP contribution in [0.3, 0.4) is 0 Å². The van der Waals surface area contributed by atoms with Crippen LogP contribution in [0, 0.1) is 4.77 Å². The lowest BCUT2D eigenvalue weighted by Crippen LogP contribution is -2.04. The summed E-state index contributed by atoms with van der Waals surface area (Å²) >= 11 is 5.11. The van der Waals surface area contributed by atoms with Gasteiger partial charge in [-0.25, -0.2) is 0 Å². The quantitative estimate of drug-likeness (QED) is 0.762. The lowest BCUT2D eigenvalue weighted by Gasteiger charge is -2.07. The molecule has 2 rings (SSSR count). The average molecular weight is 221 g/mol. The SMILES string of the molecule is C[C@H](O)c1n[nH]c(=S)n1-c1ccccc1. The molecule has 0 amide bonds. The summed E-state index contributed by atoms with van der Waals surface area (Å²) in [5.74, 6) is 0.520. The van der Waals surface area contributed by atoms with Crippen molar-refractivity contribution in [3.8, 4) is 5.69 Å². The minimum absolute atomic E-state index is 0.483. The van der Waals surface area contributed by atoms with E-state index in [1.54, 1.807) is 11.5 Å². The van der Waals surface area contributed by atoms with Crippen LogP contribution in [0.4, 0.5) is 0 Å². The van der Waals surface area contributed by atoms with Crippen LogP contribution in [0.2, 0.25) is 0 Å². The van der Waals surface area contributed by atoms with Crippen LogP contribution in [-0.4, -0.2) is 19.9 Å².